The van der Waals surface area contributed by atoms with E-state index < -0.39 is 0 Å². The number of rotatable bonds is 6. The van der Waals surface area contributed by atoms with Crippen LogP contribution in [0.15, 0.2) is 59.7 Å². The second kappa shape index (κ2) is 8.52. The second-order valence-corrected chi connectivity index (χ2v) is 7.43. The van der Waals surface area contributed by atoms with Crippen LogP contribution in [-0.2, 0) is 19.6 Å². The maximum absolute atomic E-state index is 12.8. The zero-order valence-corrected chi connectivity index (χ0v) is 16.4. The summed E-state index contributed by atoms with van der Waals surface area (Å²) in [6.07, 6.45) is 5.77. The molecule has 0 N–H and O–H groups in total. The lowest BCUT2D eigenvalue weighted by Crippen LogP contribution is -2.33. The molecule has 0 atom stereocenters. The Labute approximate surface area is 165 Å². The van der Waals surface area contributed by atoms with Gasteiger partial charge in [-0.05, 0) is 56.1 Å². The summed E-state index contributed by atoms with van der Waals surface area (Å²) in [7, 11) is 0. The number of pyridine rings is 1. The predicted octanol–water partition coefficient (Wildman–Crippen LogP) is 2.89. The van der Waals surface area contributed by atoms with Crippen LogP contribution in [0.3, 0.4) is 0 Å². The number of aromatic nitrogens is 4. The van der Waals surface area contributed by atoms with Crippen LogP contribution in [0.1, 0.15) is 42.6 Å². The molecule has 1 aromatic carbocycles. The number of benzene rings is 1. The first-order valence-electron chi connectivity index (χ1n) is 10.1. The number of piperidine rings is 1. The van der Waals surface area contributed by atoms with E-state index in [1.54, 1.807) is 4.68 Å². The molecule has 0 spiro atoms. The van der Waals surface area contributed by atoms with Crippen molar-refractivity contribution in [2.45, 2.75) is 45.3 Å². The third-order valence-corrected chi connectivity index (χ3v) is 5.55. The molecular weight excluding hydrogens is 350 g/mol. The van der Waals surface area contributed by atoms with E-state index in [9.17, 15) is 4.79 Å². The fourth-order valence-electron chi connectivity index (χ4n) is 4.01. The minimum atomic E-state index is 0.000526. The first-order valence-corrected chi connectivity index (χ1v) is 10.1. The minimum absolute atomic E-state index is 0.000526. The summed E-state index contributed by atoms with van der Waals surface area (Å²) >= 11 is 0. The molecule has 3 heterocycles. The Bertz CT molecular complexity index is 940. The third-order valence-electron chi connectivity index (χ3n) is 5.55. The third kappa shape index (κ3) is 4.07. The van der Waals surface area contributed by atoms with Crippen LogP contribution in [0.5, 0.6) is 0 Å². The average molecular weight is 377 g/mol. The van der Waals surface area contributed by atoms with E-state index in [0.717, 1.165) is 43.9 Å². The Morgan fingerprint density at radius 1 is 0.964 bits per heavy atom. The maximum Gasteiger partial charge on any atom is 0.346 e. The Balaban J connectivity index is 1.46. The molecule has 0 amide bonds. The summed E-state index contributed by atoms with van der Waals surface area (Å²) in [6, 6.07) is 14.2. The lowest BCUT2D eigenvalue weighted by atomic mass is 9.95. The molecule has 4 rings (SSSR count). The van der Waals surface area contributed by atoms with Gasteiger partial charge in [-0.25, -0.2) is 9.48 Å². The SMILES string of the molecule is CCn1c(C2CCN(Cc3ccncc3)CC2)nn(Cc2ccccc2)c1=O. The lowest BCUT2D eigenvalue weighted by Gasteiger charge is -2.31. The van der Waals surface area contributed by atoms with Crippen molar-refractivity contribution in [1.29, 1.82) is 0 Å². The van der Waals surface area contributed by atoms with Crippen molar-refractivity contribution in [3.8, 4) is 0 Å². The first kappa shape index (κ1) is 18.6. The van der Waals surface area contributed by atoms with Gasteiger partial charge in [-0.15, -0.1) is 0 Å². The van der Waals surface area contributed by atoms with E-state index >= 15 is 0 Å². The van der Waals surface area contributed by atoms with Gasteiger partial charge in [0.15, 0.2) is 0 Å². The highest BCUT2D eigenvalue weighted by Gasteiger charge is 2.26. The fourth-order valence-corrected chi connectivity index (χ4v) is 4.01. The highest BCUT2D eigenvalue weighted by molar-refractivity contribution is 5.15. The molecular formula is C22H27N5O. The van der Waals surface area contributed by atoms with Crippen molar-refractivity contribution in [1.82, 2.24) is 24.2 Å². The number of hydrogen-bond acceptors (Lipinski definition) is 4. The van der Waals surface area contributed by atoms with Crippen LogP contribution in [0, 0.1) is 0 Å². The van der Waals surface area contributed by atoms with Crippen molar-refractivity contribution >= 4 is 0 Å². The van der Waals surface area contributed by atoms with Gasteiger partial charge in [0.1, 0.15) is 5.82 Å². The monoisotopic (exact) mass is 377 g/mol. The van der Waals surface area contributed by atoms with Crippen LogP contribution in [0.25, 0.3) is 0 Å². The van der Waals surface area contributed by atoms with Crippen molar-refractivity contribution in [2.75, 3.05) is 13.1 Å². The molecule has 0 saturated carbocycles. The van der Waals surface area contributed by atoms with E-state index in [4.69, 9.17) is 5.10 Å². The lowest BCUT2D eigenvalue weighted by molar-refractivity contribution is 0.200. The number of nitrogens with zero attached hydrogens (tertiary/aromatic N) is 5. The summed E-state index contributed by atoms with van der Waals surface area (Å²) in [5.41, 5.74) is 2.40. The van der Waals surface area contributed by atoms with E-state index in [1.807, 2.05) is 54.2 Å². The predicted molar refractivity (Wildman–Crippen MR) is 109 cm³/mol. The van der Waals surface area contributed by atoms with Crippen LogP contribution < -0.4 is 5.69 Å². The Hall–Kier alpha value is -2.73. The average Bonchev–Trinajstić information content (AvgIpc) is 3.05. The minimum Gasteiger partial charge on any atom is -0.299 e. The zero-order chi connectivity index (χ0) is 19.3. The molecule has 0 radical (unpaired) electrons. The van der Waals surface area contributed by atoms with Gasteiger partial charge in [-0.1, -0.05) is 30.3 Å². The molecule has 0 unspecified atom stereocenters. The smallest absolute Gasteiger partial charge is 0.299 e. The Kier molecular flexibility index (Phi) is 5.67. The van der Waals surface area contributed by atoms with E-state index in [0.29, 0.717) is 19.0 Å². The topological polar surface area (TPSA) is 56.0 Å². The van der Waals surface area contributed by atoms with E-state index in [2.05, 4.69) is 22.0 Å². The van der Waals surface area contributed by atoms with Crippen LogP contribution in [0.4, 0.5) is 0 Å². The molecule has 0 aliphatic carbocycles. The van der Waals surface area contributed by atoms with Gasteiger partial charge in [-0.2, -0.15) is 5.10 Å². The molecule has 146 valence electrons. The summed E-state index contributed by atoms with van der Waals surface area (Å²) in [4.78, 5) is 19.4. The molecule has 6 nitrogen and oxygen atoms in total. The highest BCUT2D eigenvalue weighted by Crippen LogP contribution is 2.27. The first-order chi connectivity index (χ1) is 13.7. The van der Waals surface area contributed by atoms with Crippen molar-refractivity contribution in [2.24, 2.45) is 0 Å². The summed E-state index contributed by atoms with van der Waals surface area (Å²) in [5.74, 6) is 1.30. The summed E-state index contributed by atoms with van der Waals surface area (Å²) in [5, 5.41) is 4.75. The fraction of sp³-hybridized carbons (Fsp3) is 0.409. The van der Waals surface area contributed by atoms with Crippen LogP contribution >= 0.6 is 0 Å². The van der Waals surface area contributed by atoms with Gasteiger partial charge < -0.3 is 0 Å². The van der Waals surface area contributed by atoms with Gasteiger partial charge in [0.25, 0.3) is 0 Å². The van der Waals surface area contributed by atoms with Gasteiger partial charge in [-0.3, -0.25) is 14.5 Å². The van der Waals surface area contributed by atoms with E-state index in [-0.39, 0.29) is 5.69 Å². The molecule has 6 heteroatoms. The summed E-state index contributed by atoms with van der Waals surface area (Å²) < 4.78 is 3.48. The van der Waals surface area contributed by atoms with Crippen LogP contribution in [-0.4, -0.2) is 37.3 Å². The quantitative estimate of drug-likeness (QED) is 0.663. The van der Waals surface area contributed by atoms with E-state index in [1.165, 1.54) is 5.56 Å². The normalized spacial score (nSPS) is 15.8. The van der Waals surface area contributed by atoms with Crippen LogP contribution in [0.2, 0.25) is 0 Å². The molecule has 0 bridgehead atoms. The maximum atomic E-state index is 12.8. The van der Waals surface area contributed by atoms with Gasteiger partial charge >= 0.3 is 5.69 Å². The molecule has 1 aliphatic rings. The molecule has 1 aliphatic heterocycles. The standard InChI is InChI=1S/C22H27N5O/c1-2-26-21(24-27(22(26)28)17-18-6-4-3-5-7-18)20-10-14-25(15-11-20)16-19-8-12-23-13-9-19/h3-9,12-13,20H,2,10-11,14-17H2,1H3. The van der Waals surface area contributed by atoms with Gasteiger partial charge in [0.2, 0.25) is 0 Å². The number of hydrogen-bond donors (Lipinski definition) is 0. The molecule has 1 saturated heterocycles. The van der Waals surface area contributed by atoms with Gasteiger partial charge in [0.05, 0.1) is 6.54 Å². The molecule has 2 aromatic heterocycles. The zero-order valence-electron chi connectivity index (χ0n) is 16.4. The Morgan fingerprint density at radius 3 is 2.32 bits per heavy atom. The Morgan fingerprint density at radius 2 is 1.64 bits per heavy atom. The van der Waals surface area contributed by atoms with Crippen molar-refractivity contribution in [3.63, 3.8) is 0 Å². The van der Waals surface area contributed by atoms with Crippen molar-refractivity contribution < 1.29 is 0 Å². The highest BCUT2D eigenvalue weighted by atomic mass is 16.2. The summed E-state index contributed by atoms with van der Waals surface area (Å²) in [6.45, 7) is 6.23. The molecule has 3 aromatic rings. The number of likely N-dealkylation sites (tertiary alicyclic amines) is 1. The largest absolute Gasteiger partial charge is 0.346 e. The van der Waals surface area contributed by atoms with Gasteiger partial charge in [0, 0.05) is 31.4 Å². The molecule has 1 fully saturated rings. The molecule has 28 heavy (non-hydrogen) atoms. The second-order valence-electron chi connectivity index (χ2n) is 7.43. The van der Waals surface area contributed by atoms with Crippen molar-refractivity contribution in [3.05, 3.63) is 82.3 Å².